The third-order valence-corrected chi connectivity index (χ3v) is 3.77. The van der Waals surface area contributed by atoms with E-state index in [-0.39, 0.29) is 10.6 Å². The molecule has 0 aliphatic rings. The summed E-state index contributed by atoms with van der Waals surface area (Å²) in [7, 11) is 1.45. The van der Waals surface area contributed by atoms with Crippen LogP contribution in [0.4, 0.5) is 8.78 Å². The lowest BCUT2D eigenvalue weighted by Crippen LogP contribution is -2.01. The van der Waals surface area contributed by atoms with Crippen molar-refractivity contribution in [2.24, 2.45) is 0 Å². The Morgan fingerprint density at radius 2 is 1.70 bits per heavy atom. The van der Waals surface area contributed by atoms with Crippen LogP contribution in [0.3, 0.4) is 0 Å². The van der Waals surface area contributed by atoms with Crippen LogP contribution in [0.1, 0.15) is 16.5 Å². The Kier molecular flexibility index (Phi) is 4.74. The molecule has 0 aliphatic heterocycles. The van der Waals surface area contributed by atoms with Crippen molar-refractivity contribution in [3.63, 3.8) is 0 Å². The zero-order chi connectivity index (χ0) is 14.9. The summed E-state index contributed by atoms with van der Waals surface area (Å²) in [5, 5.41) is -0.829. The number of benzene rings is 2. The predicted molar refractivity (Wildman–Crippen MR) is 77.1 cm³/mol. The van der Waals surface area contributed by atoms with Gasteiger partial charge in [-0.1, -0.05) is 23.2 Å². The smallest absolute Gasteiger partial charge is 0.142 e. The lowest BCUT2D eigenvalue weighted by Gasteiger charge is -2.16. The van der Waals surface area contributed by atoms with Crippen LogP contribution in [-0.4, -0.2) is 7.11 Å². The van der Waals surface area contributed by atoms with Crippen molar-refractivity contribution in [2.75, 3.05) is 7.11 Å². The lowest BCUT2D eigenvalue weighted by molar-refractivity contribution is 0.410. The largest absolute Gasteiger partial charge is 0.496 e. The van der Waals surface area contributed by atoms with Crippen LogP contribution in [0.15, 0.2) is 30.3 Å². The maximum absolute atomic E-state index is 13.9. The maximum Gasteiger partial charge on any atom is 0.142 e. The van der Waals surface area contributed by atoms with Gasteiger partial charge in [0.05, 0.1) is 17.5 Å². The number of alkyl halides is 1. The fraction of sp³-hybridized carbons (Fsp3) is 0.143. The molecule has 0 spiro atoms. The van der Waals surface area contributed by atoms with Crippen LogP contribution in [-0.2, 0) is 0 Å². The molecule has 0 bridgehead atoms. The van der Waals surface area contributed by atoms with E-state index in [1.165, 1.54) is 7.11 Å². The topological polar surface area (TPSA) is 9.23 Å². The molecule has 0 saturated carbocycles. The molecular weight excluding hydrogens is 329 g/mol. The SMILES string of the molecule is COc1ccc(Cl)cc1C(Cl)c1cc(F)c(Cl)cc1F. The van der Waals surface area contributed by atoms with E-state index in [1.807, 2.05) is 0 Å². The van der Waals surface area contributed by atoms with Gasteiger partial charge in [-0.3, -0.25) is 0 Å². The highest BCUT2D eigenvalue weighted by Crippen LogP contribution is 2.38. The third-order valence-electron chi connectivity index (χ3n) is 2.78. The van der Waals surface area contributed by atoms with Crippen LogP contribution in [0, 0.1) is 11.6 Å². The summed E-state index contributed by atoms with van der Waals surface area (Å²) >= 11 is 17.6. The molecule has 1 nitrogen and oxygen atoms in total. The highest BCUT2D eigenvalue weighted by molar-refractivity contribution is 6.31. The molecule has 0 N–H and O–H groups in total. The molecule has 2 aromatic rings. The van der Waals surface area contributed by atoms with Gasteiger partial charge in [-0.25, -0.2) is 8.78 Å². The number of rotatable bonds is 3. The van der Waals surface area contributed by atoms with Gasteiger partial charge in [0.1, 0.15) is 17.4 Å². The van der Waals surface area contributed by atoms with Crippen LogP contribution in [0.25, 0.3) is 0 Å². The Hall–Kier alpha value is -1.03. The Labute approximate surface area is 130 Å². The van der Waals surface area contributed by atoms with E-state index < -0.39 is 17.0 Å². The molecule has 1 unspecified atom stereocenters. The van der Waals surface area contributed by atoms with Gasteiger partial charge in [0.15, 0.2) is 0 Å². The molecule has 20 heavy (non-hydrogen) atoms. The normalized spacial score (nSPS) is 12.3. The maximum atomic E-state index is 13.9. The lowest BCUT2D eigenvalue weighted by atomic mass is 10.0. The molecule has 0 fully saturated rings. The number of hydrogen-bond donors (Lipinski definition) is 0. The summed E-state index contributed by atoms with van der Waals surface area (Å²) < 4.78 is 32.5. The zero-order valence-corrected chi connectivity index (χ0v) is 12.5. The Balaban J connectivity index is 2.54. The fourth-order valence-electron chi connectivity index (χ4n) is 1.80. The Morgan fingerprint density at radius 1 is 1.00 bits per heavy atom. The Morgan fingerprint density at radius 3 is 2.35 bits per heavy atom. The van der Waals surface area contributed by atoms with Crippen molar-refractivity contribution in [2.45, 2.75) is 5.38 Å². The first-order chi connectivity index (χ1) is 9.43. The van der Waals surface area contributed by atoms with Gasteiger partial charge in [-0.05, 0) is 30.3 Å². The molecule has 1 atom stereocenters. The molecule has 0 radical (unpaired) electrons. The second-order valence-corrected chi connectivity index (χ2v) is 5.32. The summed E-state index contributed by atoms with van der Waals surface area (Å²) in [5.74, 6) is -1.00. The molecule has 2 rings (SSSR count). The van der Waals surface area contributed by atoms with E-state index >= 15 is 0 Å². The van der Waals surface area contributed by atoms with Crippen LogP contribution < -0.4 is 4.74 Å². The van der Waals surface area contributed by atoms with Crippen LogP contribution >= 0.6 is 34.8 Å². The van der Waals surface area contributed by atoms with Crippen LogP contribution in [0.2, 0.25) is 10.0 Å². The highest BCUT2D eigenvalue weighted by atomic mass is 35.5. The van der Waals surface area contributed by atoms with Gasteiger partial charge >= 0.3 is 0 Å². The van der Waals surface area contributed by atoms with Gasteiger partial charge in [-0.15, -0.1) is 11.6 Å². The summed E-state index contributed by atoms with van der Waals surface area (Å²) in [6.45, 7) is 0. The summed E-state index contributed by atoms with van der Waals surface area (Å²) in [4.78, 5) is 0. The van der Waals surface area contributed by atoms with Gasteiger partial charge in [0.2, 0.25) is 0 Å². The van der Waals surface area contributed by atoms with Crippen molar-refractivity contribution >= 4 is 34.8 Å². The standard InChI is InChI=1S/C14H9Cl3F2O/c1-20-13-3-2-7(15)4-9(13)14(17)8-5-12(19)10(16)6-11(8)18/h2-6,14H,1H3. The first kappa shape index (κ1) is 15.4. The van der Waals surface area contributed by atoms with Crippen LogP contribution in [0.5, 0.6) is 5.75 Å². The Bertz CT molecular complexity index is 647. The molecular formula is C14H9Cl3F2O. The minimum atomic E-state index is -0.949. The minimum Gasteiger partial charge on any atom is -0.496 e. The first-order valence-corrected chi connectivity index (χ1v) is 6.75. The molecule has 0 saturated heterocycles. The van der Waals surface area contributed by atoms with Gasteiger partial charge in [-0.2, -0.15) is 0 Å². The molecule has 0 heterocycles. The summed E-state index contributed by atoms with van der Waals surface area (Å²) in [5.41, 5.74) is 0.413. The van der Waals surface area contributed by atoms with Gasteiger partial charge in [0.25, 0.3) is 0 Å². The molecule has 106 valence electrons. The summed E-state index contributed by atoms with van der Waals surface area (Å²) in [6, 6.07) is 6.63. The molecule has 2 aromatic carbocycles. The van der Waals surface area contributed by atoms with E-state index in [2.05, 4.69) is 0 Å². The van der Waals surface area contributed by atoms with Crippen molar-refractivity contribution in [1.82, 2.24) is 0 Å². The zero-order valence-electron chi connectivity index (χ0n) is 10.3. The molecule has 0 amide bonds. The van der Waals surface area contributed by atoms with Crippen molar-refractivity contribution < 1.29 is 13.5 Å². The second-order valence-electron chi connectivity index (χ2n) is 4.04. The predicted octanol–water partition coefficient (Wildman–Crippen LogP) is 5.61. The van der Waals surface area contributed by atoms with Crippen molar-refractivity contribution in [1.29, 1.82) is 0 Å². The van der Waals surface area contributed by atoms with Gasteiger partial charge in [0, 0.05) is 16.1 Å². The van der Waals surface area contributed by atoms with E-state index in [4.69, 9.17) is 39.5 Å². The van der Waals surface area contributed by atoms with E-state index in [0.29, 0.717) is 16.3 Å². The minimum absolute atomic E-state index is 0.0332. The van der Waals surface area contributed by atoms with E-state index in [9.17, 15) is 8.78 Å². The van der Waals surface area contributed by atoms with Crippen molar-refractivity contribution in [3.05, 3.63) is 63.1 Å². The highest BCUT2D eigenvalue weighted by Gasteiger charge is 2.21. The quantitative estimate of drug-likeness (QED) is 0.522. The average Bonchev–Trinajstić information content (AvgIpc) is 2.42. The molecule has 0 aliphatic carbocycles. The van der Waals surface area contributed by atoms with E-state index in [1.54, 1.807) is 18.2 Å². The van der Waals surface area contributed by atoms with E-state index in [0.717, 1.165) is 12.1 Å². The first-order valence-electron chi connectivity index (χ1n) is 5.56. The number of methoxy groups -OCH3 is 1. The second kappa shape index (κ2) is 6.17. The molecule has 6 heteroatoms. The average molecular weight is 338 g/mol. The number of hydrogen-bond acceptors (Lipinski definition) is 1. The van der Waals surface area contributed by atoms with Crippen molar-refractivity contribution in [3.8, 4) is 5.75 Å². The molecule has 0 aromatic heterocycles. The third kappa shape index (κ3) is 3.00. The summed E-state index contributed by atoms with van der Waals surface area (Å²) in [6.07, 6.45) is 0. The fourth-order valence-corrected chi connectivity index (χ4v) is 2.47. The van der Waals surface area contributed by atoms with Gasteiger partial charge < -0.3 is 4.74 Å². The number of halogens is 5. The number of ether oxygens (including phenoxy) is 1. The monoisotopic (exact) mass is 336 g/mol.